The van der Waals surface area contributed by atoms with Gasteiger partial charge in [-0.1, -0.05) is 41.1 Å². The Morgan fingerprint density at radius 1 is 1.32 bits per heavy atom. The first-order valence-corrected chi connectivity index (χ1v) is 7.92. The highest BCUT2D eigenvalue weighted by molar-refractivity contribution is 9.10. The number of rotatable bonds is 7. The van der Waals surface area contributed by atoms with Crippen LogP contribution in [-0.2, 0) is 24.5 Å². The van der Waals surface area contributed by atoms with E-state index in [1.54, 1.807) is 11.3 Å². The number of hydrogen-bond acceptors (Lipinski definition) is 4. The van der Waals surface area contributed by atoms with Gasteiger partial charge in [-0.05, 0) is 18.2 Å². The topological polar surface area (TPSA) is 34.2 Å². The van der Waals surface area contributed by atoms with Crippen molar-refractivity contribution in [1.82, 2.24) is 10.3 Å². The Morgan fingerprint density at radius 3 is 2.95 bits per heavy atom. The van der Waals surface area contributed by atoms with Crippen LogP contribution in [0.15, 0.2) is 34.1 Å². The predicted molar refractivity (Wildman–Crippen MR) is 82.1 cm³/mol. The van der Waals surface area contributed by atoms with E-state index in [9.17, 15) is 0 Å². The van der Waals surface area contributed by atoms with Crippen molar-refractivity contribution < 1.29 is 4.74 Å². The second-order valence-corrected chi connectivity index (χ2v) is 5.89. The molecule has 0 spiro atoms. The number of nitrogens with one attached hydrogen (secondary N) is 1. The molecule has 0 saturated carbocycles. The highest BCUT2D eigenvalue weighted by atomic mass is 79.9. The Balaban J connectivity index is 1.79. The zero-order chi connectivity index (χ0) is 13.5. The van der Waals surface area contributed by atoms with E-state index in [0.29, 0.717) is 13.2 Å². The van der Waals surface area contributed by atoms with E-state index < -0.39 is 0 Å². The van der Waals surface area contributed by atoms with Crippen LogP contribution >= 0.6 is 27.3 Å². The van der Waals surface area contributed by atoms with Gasteiger partial charge in [0.2, 0.25) is 0 Å². The molecular weight excluding hydrogens is 324 g/mol. The number of hydrogen-bond donors (Lipinski definition) is 1. The Kier molecular flexibility index (Phi) is 5.97. The van der Waals surface area contributed by atoms with Gasteiger partial charge in [0.25, 0.3) is 0 Å². The molecule has 0 aliphatic carbocycles. The van der Waals surface area contributed by atoms with E-state index in [-0.39, 0.29) is 0 Å². The molecule has 0 atom stereocenters. The lowest BCUT2D eigenvalue weighted by Crippen LogP contribution is -2.11. The number of benzene rings is 1. The quantitative estimate of drug-likeness (QED) is 0.833. The third-order valence-electron chi connectivity index (χ3n) is 2.59. The summed E-state index contributed by atoms with van der Waals surface area (Å²) in [7, 11) is 0. The van der Waals surface area contributed by atoms with Gasteiger partial charge in [-0.3, -0.25) is 0 Å². The smallest absolute Gasteiger partial charge is 0.107 e. The highest BCUT2D eigenvalue weighted by Crippen LogP contribution is 2.17. The van der Waals surface area contributed by atoms with Gasteiger partial charge in [0.05, 0.1) is 18.9 Å². The molecule has 0 aliphatic rings. The largest absolute Gasteiger partial charge is 0.370 e. The number of nitrogens with zero attached hydrogens (tertiary/aromatic N) is 1. The van der Waals surface area contributed by atoms with Crippen molar-refractivity contribution in [3.63, 3.8) is 0 Å². The molecule has 0 amide bonds. The maximum atomic E-state index is 5.70. The molecule has 0 saturated heterocycles. The van der Waals surface area contributed by atoms with E-state index >= 15 is 0 Å². The molecule has 0 unspecified atom stereocenters. The van der Waals surface area contributed by atoms with Gasteiger partial charge in [0, 0.05) is 16.4 Å². The van der Waals surface area contributed by atoms with Gasteiger partial charge >= 0.3 is 0 Å². The maximum absolute atomic E-state index is 5.70. The highest BCUT2D eigenvalue weighted by Gasteiger charge is 2.03. The fourth-order valence-electron chi connectivity index (χ4n) is 1.61. The Labute approximate surface area is 126 Å². The van der Waals surface area contributed by atoms with Crippen LogP contribution in [0.2, 0.25) is 0 Å². The molecule has 0 aliphatic heterocycles. The molecule has 0 fully saturated rings. The molecule has 19 heavy (non-hydrogen) atoms. The van der Waals surface area contributed by atoms with E-state index in [2.05, 4.69) is 44.6 Å². The molecule has 1 N–H and O–H groups in total. The van der Waals surface area contributed by atoms with E-state index in [0.717, 1.165) is 33.8 Å². The van der Waals surface area contributed by atoms with Crippen LogP contribution in [0.5, 0.6) is 0 Å². The van der Waals surface area contributed by atoms with Gasteiger partial charge in [-0.2, -0.15) is 0 Å². The average molecular weight is 341 g/mol. The maximum Gasteiger partial charge on any atom is 0.107 e. The summed E-state index contributed by atoms with van der Waals surface area (Å²) < 4.78 is 6.78. The third kappa shape index (κ3) is 4.69. The zero-order valence-electron chi connectivity index (χ0n) is 10.9. The summed E-state index contributed by atoms with van der Waals surface area (Å²) in [5.41, 5.74) is 2.16. The van der Waals surface area contributed by atoms with Crippen LogP contribution in [0.25, 0.3) is 0 Å². The number of halogens is 1. The first-order chi connectivity index (χ1) is 9.29. The monoisotopic (exact) mass is 340 g/mol. The second kappa shape index (κ2) is 7.75. The third-order valence-corrected chi connectivity index (χ3v) is 4.26. The van der Waals surface area contributed by atoms with Crippen LogP contribution in [0.3, 0.4) is 0 Å². The molecule has 2 aromatic rings. The van der Waals surface area contributed by atoms with Crippen molar-refractivity contribution in [2.75, 3.05) is 6.54 Å². The molecule has 1 heterocycles. The van der Waals surface area contributed by atoms with Gasteiger partial charge in [0.1, 0.15) is 5.01 Å². The minimum absolute atomic E-state index is 0.559. The number of aromatic nitrogens is 1. The fraction of sp³-hybridized carbons (Fsp3) is 0.357. The van der Waals surface area contributed by atoms with E-state index in [1.807, 2.05) is 18.2 Å². The first kappa shape index (κ1) is 14.7. The van der Waals surface area contributed by atoms with Crippen molar-refractivity contribution in [3.05, 3.63) is 50.4 Å². The molecule has 1 aromatic heterocycles. The van der Waals surface area contributed by atoms with Crippen LogP contribution in [0, 0.1) is 0 Å². The Hall–Kier alpha value is -0.750. The summed E-state index contributed by atoms with van der Waals surface area (Å²) in [6, 6.07) is 8.10. The first-order valence-electron chi connectivity index (χ1n) is 6.24. The second-order valence-electron chi connectivity index (χ2n) is 4.10. The van der Waals surface area contributed by atoms with Crippen molar-refractivity contribution in [3.8, 4) is 0 Å². The van der Waals surface area contributed by atoms with Crippen molar-refractivity contribution in [2.24, 2.45) is 0 Å². The number of ether oxygens (including phenoxy) is 1. The fourth-order valence-corrected chi connectivity index (χ4v) is 2.76. The van der Waals surface area contributed by atoms with Crippen LogP contribution in [-0.4, -0.2) is 11.5 Å². The molecular formula is C14H17BrN2OS. The minimum Gasteiger partial charge on any atom is -0.370 e. The van der Waals surface area contributed by atoms with Gasteiger partial charge in [-0.25, -0.2) is 4.98 Å². The molecule has 2 rings (SSSR count). The lowest BCUT2D eigenvalue weighted by Gasteiger charge is -2.04. The normalized spacial score (nSPS) is 10.8. The summed E-state index contributed by atoms with van der Waals surface area (Å²) in [5, 5.41) is 6.44. The standard InChI is InChI=1S/C14H17BrN2OS/c1-2-16-7-14-17-12(10-19-14)9-18-8-11-5-3-4-6-13(11)15/h3-6,10,16H,2,7-9H2,1H3. The average Bonchev–Trinajstić information content (AvgIpc) is 2.86. The van der Waals surface area contributed by atoms with Crippen LogP contribution in [0.1, 0.15) is 23.2 Å². The summed E-state index contributed by atoms with van der Waals surface area (Å²) in [4.78, 5) is 4.52. The summed E-state index contributed by atoms with van der Waals surface area (Å²) in [6.45, 7) is 5.06. The van der Waals surface area contributed by atoms with Crippen LogP contribution < -0.4 is 5.32 Å². The van der Waals surface area contributed by atoms with Gasteiger partial charge in [0.15, 0.2) is 0 Å². The molecule has 0 bridgehead atoms. The zero-order valence-corrected chi connectivity index (χ0v) is 13.3. The molecule has 102 valence electrons. The molecule has 0 radical (unpaired) electrons. The lowest BCUT2D eigenvalue weighted by atomic mass is 10.2. The SMILES string of the molecule is CCNCc1nc(COCc2ccccc2Br)cs1. The van der Waals surface area contributed by atoms with Crippen molar-refractivity contribution >= 4 is 27.3 Å². The van der Waals surface area contributed by atoms with Gasteiger partial charge in [-0.15, -0.1) is 11.3 Å². The summed E-state index contributed by atoms with van der Waals surface area (Å²) >= 11 is 5.19. The lowest BCUT2D eigenvalue weighted by molar-refractivity contribution is 0.104. The molecule has 3 nitrogen and oxygen atoms in total. The van der Waals surface area contributed by atoms with Crippen LogP contribution in [0.4, 0.5) is 0 Å². The molecule has 1 aromatic carbocycles. The summed E-state index contributed by atoms with van der Waals surface area (Å²) in [5.74, 6) is 0. The minimum atomic E-state index is 0.559. The van der Waals surface area contributed by atoms with Gasteiger partial charge < -0.3 is 10.1 Å². The molecule has 5 heteroatoms. The Morgan fingerprint density at radius 2 is 2.16 bits per heavy atom. The summed E-state index contributed by atoms with van der Waals surface area (Å²) in [6.07, 6.45) is 0. The predicted octanol–water partition coefficient (Wildman–Crippen LogP) is 3.73. The van der Waals surface area contributed by atoms with Crippen molar-refractivity contribution in [1.29, 1.82) is 0 Å². The Bertz CT molecular complexity index is 516. The van der Waals surface area contributed by atoms with Crippen molar-refractivity contribution in [2.45, 2.75) is 26.7 Å². The van der Waals surface area contributed by atoms with E-state index in [4.69, 9.17) is 4.74 Å². The van der Waals surface area contributed by atoms with E-state index in [1.165, 1.54) is 0 Å². The number of thiazole rings is 1.